The Hall–Kier alpha value is -1.53. The Labute approximate surface area is 133 Å². The highest BCUT2D eigenvalue weighted by atomic mass is 35.5. The lowest BCUT2D eigenvalue weighted by atomic mass is 10.4. The average molecular weight is 325 g/mol. The molecule has 0 spiro atoms. The SMILES string of the molecule is CCCNc1nc(OCC)nc(Sc2ccc(Cl)cc2)n1. The van der Waals surface area contributed by atoms with E-state index in [1.54, 1.807) is 0 Å². The van der Waals surface area contributed by atoms with E-state index >= 15 is 0 Å². The first-order valence-corrected chi connectivity index (χ1v) is 7.97. The van der Waals surface area contributed by atoms with Gasteiger partial charge in [0.15, 0.2) is 0 Å². The molecule has 5 nitrogen and oxygen atoms in total. The lowest BCUT2D eigenvalue weighted by molar-refractivity contribution is 0.308. The molecule has 0 amide bonds. The summed E-state index contributed by atoms with van der Waals surface area (Å²) in [4.78, 5) is 13.9. The number of nitrogens with one attached hydrogen (secondary N) is 1. The molecule has 0 saturated carbocycles. The van der Waals surface area contributed by atoms with Crippen LogP contribution in [0.5, 0.6) is 6.01 Å². The number of benzene rings is 1. The summed E-state index contributed by atoms with van der Waals surface area (Å²) in [6.45, 7) is 5.30. The fraction of sp³-hybridized carbons (Fsp3) is 0.357. The highest BCUT2D eigenvalue weighted by Gasteiger charge is 2.08. The van der Waals surface area contributed by atoms with E-state index in [9.17, 15) is 0 Å². The summed E-state index contributed by atoms with van der Waals surface area (Å²) in [6.07, 6.45) is 0.995. The third-order valence-electron chi connectivity index (χ3n) is 2.42. The minimum Gasteiger partial charge on any atom is -0.464 e. The molecule has 0 aliphatic heterocycles. The summed E-state index contributed by atoms with van der Waals surface area (Å²) in [6, 6.07) is 7.87. The van der Waals surface area contributed by atoms with Crippen LogP contribution in [0.1, 0.15) is 20.3 Å². The van der Waals surface area contributed by atoms with Gasteiger partial charge >= 0.3 is 6.01 Å². The number of ether oxygens (including phenoxy) is 1. The largest absolute Gasteiger partial charge is 0.464 e. The molecule has 21 heavy (non-hydrogen) atoms. The van der Waals surface area contributed by atoms with Crippen LogP contribution in [0.3, 0.4) is 0 Å². The van der Waals surface area contributed by atoms with Crippen LogP contribution in [-0.4, -0.2) is 28.1 Å². The molecular formula is C14H17ClN4OS. The molecule has 2 rings (SSSR count). The standard InChI is InChI=1S/C14H17ClN4OS/c1-3-9-16-12-17-13(20-4-2)19-14(18-12)21-11-7-5-10(15)6-8-11/h5-8H,3-4,9H2,1-2H3,(H,16,17,18,19). The maximum absolute atomic E-state index is 5.88. The summed E-state index contributed by atoms with van der Waals surface area (Å²) in [5.74, 6) is 0.534. The summed E-state index contributed by atoms with van der Waals surface area (Å²) in [7, 11) is 0. The molecule has 0 atom stereocenters. The molecule has 112 valence electrons. The zero-order chi connectivity index (χ0) is 15.1. The predicted molar refractivity (Wildman–Crippen MR) is 85.4 cm³/mol. The zero-order valence-corrected chi connectivity index (χ0v) is 13.5. The fourth-order valence-electron chi connectivity index (χ4n) is 1.50. The molecular weight excluding hydrogens is 308 g/mol. The van der Waals surface area contributed by atoms with E-state index in [4.69, 9.17) is 16.3 Å². The minimum atomic E-state index is 0.336. The van der Waals surface area contributed by atoms with Gasteiger partial charge in [0.25, 0.3) is 0 Å². The van der Waals surface area contributed by atoms with Crippen LogP contribution in [0.4, 0.5) is 5.95 Å². The molecule has 1 aromatic carbocycles. The topological polar surface area (TPSA) is 59.9 Å². The van der Waals surface area contributed by atoms with Crippen molar-refractivity contribution < 1.29 is 4.74 Å². The number of halogens is 1. The maximum atomic E-state index is 5.88. The van der Waals surface area contributed by atoms with E-state index in [1.807, 2.05) is 31.2 Å². The van der Waals surface area contributed by atoms with E-state index < -0.39 is 0 Å². The van der Waals surface area contributed by atoms with Gasteiger partial charge in [0.2, 0.25) is 11.1 Å². The van der Waals surface area contributed by atoms with Crippen molar-refractivity contribution in [3.05, 3.63) is 29.3 Å². The maximum Gasteiger partial charge on any atom is 0.322 e. The van der Waals surface area contributed by atoms with Gasteiger partial charge in [-0.15, -0.1) is 0 Å². The van der Waals surface area contributed by atoms with E-state index in [2.05, 4.69) is 27.2 Å². The molecule has 0 radical (unpaired) electrons. The summed E-state index contributed by atoms with van der Waals surface area (Å²) >= 11 is 7.33. The highest BCUT2D eigenvalue weighted by Crippen LogP contribution is 2.27. The van der Waals surface area contributed by atoms with Gasteiger partial charge < -0.3 is 10.1 Å². The van der Waals surface area contributed by atoms with Crippen LogP contribution in [0, 0.1) is 0 Å². The molecule has 1 aromatic heterocycles. The predicted octanol–water partition coefficient (Wildman–Crippen LogP) is 3.90. The third-order valence-corrected chi connectivity index (χ3v) is 3.55. The Bertz CT molecular complexity index is 580. The van der Waals surface area contributed by atoms with Gasteiger partial charge in [0.1, 0.15) is 0 Å². The zero-order valence-electron chi connectivity index (χ0n) is 12.0. The van der Waals surface area contributed by atoms with E-state index in [1.165, 1.54) is 11.8 Å². The van der Waals surface area contributed by atoms with Crippen molar-refractivity contribution in [2.45, 2.75) is 30.3 Å². The van der Waals surface area contributed by atoms with E-state index in [0.29, 0.717) is 28.7 Å². The molecule has 0 saturated heterocycles. The molecule has 1 N–H and O–H groups in total. The van der Waals surface area contributed by atoms with Crippen molar-refractivity contribution in [3.8, 4) is 6.01 Å². The number of hydrogen-bond donors (Lipinski definition) is 1. The molecule has 0 bridgehead atoms. The molecule has 0 aliphatic carbocycles. The van der Waals surface area contributed by atoms with Gasteiger partial charge in [-0.1, -0.05) is 18.5 Å². The smallest absolute Gasteiger partial charge is 0.322 e. The van der Waals surface area contributed by atoms with Crippen LogP contribution in [-0.2, 0) is 0 Å². The van der Waals surface area contributed by atoms with E-state index in [0.717, 1.165) is 17.9 Å². The van der Waals surface area contributed by atoms with Crippen LogP contribution < -0.4 is 10.1 Å². The van der Waals surface area contributed by atoms with Crippen LogP contribution >= 0.6 is 23.4 Å². The quantitative estimate of drug-likeness (QED) is 0.833. The Balaban J connectivity index is 2.19. The van der Waals surface area contributed by atoms with Crippen molar-refractivity contribution >= 4 is 29.3 Å². The summed E-state index contributed by atoms with van der Waals surface area (Å²) in [5.41, 5.74) is 0. The van der Waals surface area contributed by atoms with Crippen molar-refractivity contribution in [2.24, 2.45) is 0 Å². The number of anilines is 1. The first kappa shape index (κ1) is 15.9. The van der Waals surface area contributed by atoms with Crippen LogP contribution in [0.15, 0.2) is 34.3 Å². The van der Waals surface area contributed by atoms with E-state index in [-0.39, 0.29) is 0 Å². The monoisotopic (exact) mass is 324 g/mol. The van der Waals surface area contributed by atoms with Gasteiger partial charge in [-0.2, -0.15) is 15.0 Å². The highest BCUT2D eigenvalue weighted by molar-refractivity contribution is 7.99. The van der Waals surface area contributed by atoms with Crippen LogP contribution in [0.2, 0.25) is 5.02 Å². The number of nitrogens with zero attached hydrogens (tertiary/aromatic N) is 3. The van der Waals surface area contributed by atoms with Crippen molar-refractivity contribution in [1.29, 1.82) is 0 Å². The van der Waals surface area contributed by atoms with Crippen LogP contribution in [0.25, 0.3) is 0 Å². The Morgan fingerprint density at radius 1 is 1.14 bits per heavy atom. The molecule has 0 unspecified atom stereocenters. The summed E-state index contributed by atoms with van der Waals surface area (Å²) in [5, 5.41) is 4.45. The molecule has 2 aromatic rings. The number of hydrogen-bond acceptors (Lipinski definition) is 6. The summed E-state index contributed by atoms with van der Waals surface area (Å²) < 4.78 is 5.39. The van der Waals surface area contributed by atoms with Gasteiger partial charge in [-0.25, -0.2) is 0 Å². The first-order valence-electron chi connectivity index (χ1n) is 6.77. The second kappa shape index (κ2) is 8.05. The average Bonchev–Trinajstić information content (AvgIpc) is 2.48. The van der Waals surface area contributed by atoms with Gasteiger partial charge in [-0.05, 0) is 49.4 Å². The van der Waals surface area contributed by atoms with Gasteiger partial charge in [0.05, 0.1) is 6.61 Å². The Kier molecular flexibility index (Phi) is 6.07. The number of aromatic nitrogens is 3. The van der Waals surface area contributed by atoms with Crippen molar-refractivity contribution in [1.82, 2.24) is 15.0 Å². The van der Waals surface area contributed by atoms with Gasteiger partial charge in [0, 0.05) is 16.5 Å². The molecule has 1 heterocycles. The second-order valence-corrected chi connectivity index (χ2v) is 5.62. The van der Waals surface area contributed by atoms with Crippen molar-refractivity contribution in [3.63, 3.8) is 0 Å². The molecule has 0 fully saturated rings. The molecule has 7 heteroatoms. The lowest BCUT2D eigenvalue weighted by Gasteiger charge is -2.08. The normalized spacial score (nSPS) is 10.4. The second-order valence-electron chi connectivity index (χ2n) is 4.14. The van der Waals surface area contributed by atoms with Crippen molar-refractivity contribution in [2.75, 3.05) is 18.5 Å². The fourth-order valence-corrected chi connectivity index (χ4v) is 2.37. The third kappa shape index (κ3) is 5.06. The van der Waals surface area contributed by atoms with Gasteiger partial charge in [-0.3, -0.25) is 0 Å². The Morgan fingerprint density at radius 2 is 1.90 bits per heavy atom. The first-order chi connectivity index (χ1) is 10.2. The minimum absolute atomic E-state index is 0.336. The lowest BCUT2D eigenvalue weighted by Crippen LogP contribution is -2.08. The molecule has 0 aliphatic rings. The Morgan fingerprint density at radius 3 is 2.57 bits per heavy atom. The number of rotatable bonds is 7.